The molecule has 0 aromatic heterocycles. The van der Waals surface area contributed by atoms with Crippen molar-refractivity contribution in [2.75, 3.05) is 24.5 Å². The van der Waals surface area contributed by atoms with Gasteiger partial charge in [0, 0.05) is 43.3 Å². The topological polar surface area (TPSA) is 111 Å². The fraction of sp³-hybridized carbons (Fsp3) is 0.500. The molecule has 1 saturated carbocycles. The maximum Gasteiger partial charge on any atom is 0.326 e. The van der Waals surface area contributed by atoms with Crippen molar-refractivity contribution in [3.63, 3.8) is 0 Å². The molecule has 3 amide bonds. The van der Waals surface area contributed by atoms with Crippen molar-refractivity contribution >= 4 is 23.6 Å². The Morgan fingerprint density at radius 3 is 2.16 bits per heavy atom. The molecule has 1 unspecified atom stereocenters. The molecular formula is C30H40N4O4. The smallest absolute Gasteiger partial charge is 0.326 e. The molecule has 1 aliphatic heterocycles. The van der Waals surface area contributed by atoms with Gasteiger partial charge < -0.3 is 26.0 Å². The summed E-state index contributed by atoms with van der Waals surface area (Å²) in [6.07, 6.45) is 5.61. The Morgan fingerprint density at radius 1 is 0.974 bits per heavy atom. The predicted molar refractivity (Wildman–Crippen MR) is 149 cm³/mol. The third kappa shape index (κ3) is 7.05. The maximum atomic E-state index is 12.9. The van der Waals surface area contributed by atoms with Crippen LogP contribution in [0, 0.1) is 26.7 Å². The van der Waals surface area contributed by atoms with E-state index in [0.717, 1.165) is 66.7 Å². The third-order valence-corrected chi connectivity index (χ3v) is 7.86. The van der Waals surface area contributed by atoms with Gasteiger partial charge in [-0.25, -0.2) is 9.59 Å². The number of urea groups is 1. The Labute approximate surface area is 225 Å². The highest BCUT2D eigenvalue weighted by molar-refractivity contribution is 5.99. The molecule has 4 rings (SSSR count). The number of hydrogen-bond acceptors (Lipinski definition) is 4. The van der Waals surface area contributed by atoms with Gasteiger partial charge >= 0.3 is 12.0 Å². The zero-order chi connectivity index (χ0) is 27.2. The molecule has 1 saturated heterocycles. The quantitative estimate of drug-likeness (QED) is 0.398. The van der Waals surface area contributed by atoms with Crippen LogP contribution in [0.1, 0.15) is 64.7 Å². The molecule has 2 aromatic rings. The summed E-state index contributed by atoms with van der Waals surface area (Å²) in [5, 5.41) is 18.5. The molecule has 0 bridgehead atoms. The number of piperidine rings is 1. The van der Waals surface area contributed by atoms with Crippen LogP contribution in [0.25, 0.3) is 0 Å². The molecule has 0 spiro atoms. The van der Waals surface area contributed by atoms with Crippen molar-refractivity contribution in [1.29, 1.82) is 0 Å². The second kappa shape index (κ2) is 12.3. The molecule has 8 heteroatoms. The minimum atomic E-state index is -1.05. The van der Waals surface area contributed by atoms with E-state index in [1.54, 1.807) is 0 Å². The highest BCUT2D eigenvalue weighted by Gasteiger charge is 2.24. The number of benzene rings is 2. The first kappa shape index (κ1) is 27.5. The minimum absolute atomic E-state index is 0.0484. The molecule has 204 valence electrons. The first-order valence-electron chi connectivity index (χ1n) is 13.7. The Balaban J connectivity index is 1.27. The molecule has 38 heavy (non-hydrogen) atoms. The fourth-order valence-corrected chi connectivity index (χ4v) is 5.47. The summed E-state index contributed by atoms with van der Waals surface area (Å²) < 4.78 is 0. The largest absolute Gasteiger partial charge is 0.480 e. The van der Waals surface area contributed by atoms with Crippen LogP contribution in [0.5, 0.6) is 0 Å². The van der Waals surface area contributed by atoms with Crippen LogP contribution in [0.15, 0.2) is 36.4 Å². The van der Waals surface area contributed by atoms with E-state index in [-0.39, 0.29) is 18.4 Å². The summed E-state index contributed by atoms with van der Waals surface area (Å²) in [7, 11) is 0. The van der Waals surface area contributed by atoms with E-state index < -0.39 is 12.0 Å². The molecule has 1 atom stereocenters. The van der Waals surface area contributed by atoms with Gasteiger partial charge in [0.25, 0.3) is 5.91 Å². The van der Waals surface area contributed by atoms with Gasteiger partial charge in [0.1, 0.15) is 6.04 Å². The SMILES string of the molecule is Cc1cc(C)c(C(=O)NC(Cc2ccc(N3CCC(CNC(=O)NC4CCC4)CC3)cc2)C(=O)O)c(C)c1. The molecule has 4 N–H and O–H groups in total. The number of amides is 3. The number of carboxylic acid groups (broad SMARTS) is 1. The Morgan fingerprint density at radius 2 is 1.61 bits per heavy atom. The molecule has 1 heterocycles. The van der Waals surface area contributed by atoms with E-state index in [4.69, 9.17) is 0 Å². The Hall–Kier alpha value is -3.55. The predicted octanol–water partition coefficient (Wildman–Crippen LogP) is 4.11. The number of hydrogen-bond donors (Lipinski definition) is 4. The van der Waals surface area contributed by atoms with Gasteiger partial charge in [0.2, 0.25) is 0 Å². The van der Waals surface area contributed by atoms with Gasteiger partial charge in [-0.3, -0.25) is 4.79 Å². The highest BCUT2D eigenvalue weighted by Crippen LogP contribution is 2.24. The highest BCUT2D eigenvalue weighted by atomic mass is 16.4. The second-order valence-electron chi connectivity index (χ2n) is 10.9. The lowest BCUT2D eigenvalue weighted by atomic mass is 9.93. The summed E-state index contributed by atoms with van der Waals surface area (Å²) in [6, 6.07) is 11.1. The number of carboxylic acids is 1. The summed E-state index contributed by atoms with van der Waals surface area (Å²) in [6.45, 7) is 8.25. The van der Waals surface area contributed by atoms with Crippen LogP contribution in [0.3, 0.4) is 0 Å². The van der Waals surface area contributed by atoms with Crippen molar-refractivity contribution < 1.29 is 19.5 Å². The number of aryl methyl sites for hydroxylation is 3. The van der Waals surface area contributed by atoms with Gasteiger partial charge in [0.05, 0.1) is 0 Å². The number of aliphatic carboxylic acids is 1. The van der Waals surface area contributed by atoms with Crippen LogP contribution in [-0.4, -0.2) is 54.7 Å². The van der Waals surface area contributed by atoms with Crippen molar-refractivity contribution in [3.05, 3.63) is 64.2 Å². The number of nitrogens with one attached hydrogen (secondary N) is 3. The first-order valence-corrected chi connectivity index (χ1v) is 13.7. The summed E-state index contributed by atoms with van der Waals surface area (Å²) >= 11 is 0. The van der Waals surface area contributed by atoms with Crippen LogP contribution < -0.4 is 20.9 Å². The Kier molecular flexibility index (Phi) is 8.92. The van der Waals surface area contributed by atoms with E-state index in [9.17, 15) is 19.5 Å². The average Bonchev–Trinajstić information content (AvgIpc) is 2.84. The normalized spacial score (nSPS) is 16.9. The summed E-state index contributed by atoms with van der Waals surface area (Å²) in [5.41, 5.74) is 5.24. The second-order valence-corrected chi connectivity index (χ2v) is 10.9. The van der Waals surface area contributed by atoms with Crippen molar-refractivity contribution in [1.82, 2.24) is 16.0 Å². The zero-order valence-corrected chi connectivity index (χ0v) is 22.7. The Bertz CT molecular complexity index is 1130. The van der Waals surface area contributed by atoms with Crippen LogP contribution >= 0.6 is 0 Å². The standard InChI is InChI=1S/C30H40N4O4/c1-19-15-20(2)27(21(3)16-19)28(35)33-26(29(36)37)17-22-7-9-25(10-8-22)34-13-11-23(12-14-34)18-31-30(38)32-24-5-4-6-24/h7-10,15-16,23-24,26H,4-6,11-14,17-18H2,1-3H3,(H,33,35)(H,36,37)(H2,31,32,38). The average molecular weight is 521 g/mol. The lowest BCUT2D eigenvalue weighted by Gasteiger charge is -2.34. The monoisotopic (exact) mass is 520 g/mol. The van der Waals surface area contributed by atoms with Gasteiger partial charge in [-0.05, 0) is 87.6 Å². The molecular weight excluding hydrogens is 480 g/mol. The van der Waals surface area contributed by atoms with Crippen molar-refractivity contribution in [3.8, 4) is 0 Å². The minimum Gasteiger partial charge on any atom is -0.480 e. The molecule has 1 aliphatic carbocycles. The van der Waals surface area contributed by atoms with Crippen LogP contribution in [-0.2, 0) is 11.2 Å². The summed E-state index contributed by atoms with van der Waals surface area (Å²) in [5.74, 6) is -0.942. The van der Waals surface area contributed by atoms with Gasteiger partial charge in [-0.15, -0.1) is 0 Å². The lowest BCUT2D eigenvalue weighted by Crippen LogP contribution is -2.47. The number of anilines is 1. The van der Waals surface area contributed by atoms with Gasteiger partial charge in [-0.1, -0.05) is 29.8 Å². The molecule has 2 aromatic carbocycles. The van der Waals surface area contributed by atoms with E-state index in [2.05, 4.69) is 20.9 Å². The zero-order valence-electron chi connectivity index (χ0n) is 22.7. The van der Waals surface area contributed by atoms with E-state index in [1.807, 2.05) is 57.2 Å². The van der Waals surface area contributed by atoms with Crippen LogP contribution in [0.2, 0.25) is 0 Å². The van der Waals surface area contributed by atoms with Crippen LogP contribution in [0.4, 0.5) is 10.5 Å². The van der Waals surface area contributed by atoms with Gasteiger partial charge in [0.15, 0.2) is 0 Å². The van der Waals surface area contributed by atoms with E-state index in [0.29, 0.717) is 24.1 Å². The summed E-state index contributed by atoms with van der Waals surface area (Å²) in [4.78, 5) is 39.2. The third-order valence-electron chi connectivity index (χ3n) is 7.86. The van der Waals surface area contributed by atoms with E-state index >= 15 is 0 Å². The molecule has 2 aliphatic rings. The number of nitrogens with zero attached hydrogens (tertiary/aromatic N) is 1. The number of carbonyl (C=O) groups excluding carboxylic acids is 2. The molecule has 0 radical (unpaired) electrons. The van der Waals surface area contributed by atoms with Gasteiger partial charge in [-0.2, -0.15) is 0 Å². The number of carbonyl (C=O) groups is 3. The number of rotatable bonds is 9. The van der Waals surface area contributed by atoms with Crippen molar-refractivity contribution in [2.45, 2.75) is 71.4 Å². The maximum absolute atomic E-state index is 12.9. The lowest BCUT2D eigenvalue weighted by molar-refractivity contribution is -0.139. The first-order chi connectivity index (χ1) is 18.2. The van der Waals surface area contributed by atoms with E-state index in [1.165, 1.54) is 6.42 Å². The fourth-order valence-electron chi connectivity index (χ4n) is 5.47. The van der Waals surface area contributed by atoms with Crippen molar-refractivity contribution in [2.24, 2.45) is 5.92 Å². The molecule has 2 fully saturated rings. The molecule has 8 nitrogen and oxygen atoms in total.